The van der Waals surface area contributed by atoms with Crippen LogP contribution in [0, 0.1) is 5.82 Å². The van der Waals surface area contributed by atoms with Gasteiger partial charge in [0, 0.05) is 20.2 Å². The molecule has 0 bridgehead atoms. The van der Waals surface area contributed by atoms with E-state index in [1.807, 2.05) is 21.0 Å². The van der Waals surface area contributed by atoms with Crippen molar-refractivity contribution in [2.45, 2.75) is 19.4 Å². The van der Waals surface area contributed by atoms with Gasteiger partial charge in [-0.15, -0.1) is 24.0 Å². The lowest BCUT2D eigenvalue weighted by atomic mass is 10.2. The number of aliphatic imine (C=N–C) groups is 1. The van der Waals surface area contributed by atoms with Gasteiger partial charge < -0.3 is 15.4 Å². The Balaban J connectivity index is 0.00000324. The summed E-state index contributed by atoms with van der Waals surface area (Å²) >= 11 is 0. The van der Waals surface area contributed by atoms with Crippen molar-refractivity contribution in [2.75, 3.05) is 20.6 Å². The van der Waals surface area contributed by atoms with Crippen LogP contribution < -0.4 is 10.5 Å². The second-order valence-electron chi connectivity index (χ2n) is 4.20. The molecule has 1 rings (SSSR count). The second-order valence-corrected chi connectivity index (χ2v) is 4.20. The third-order valence-electron chi connectivity index (χ3n) is 2.47. The summed E-state index contributed by atoms with van der Waals surface area (Å²) in [4.78, 5) is 5.95. The number of ether oxygens (including phenoxy) is 1. The van der Waals surface area contributed by atoms with Crippen molar-refractivity contribution in [3.05, 3.63) is 30.1 Å². The molecule has 1 aromatic carbocycles. The number of nitrogens with zero attached hydrogens (tertiary/aromatic N) is 2. The highest BCUT2D eigenvalue weighted by atomic mass is 127. The molecule has 1 atom stereocenters. The van der Waals surface area contributed by atoms with E-state index in [-0.39, 0.29) is 35.9 Å². The molecule has 0 fully saturated rings. The lowest BCUT2D eigenvalue weighted by Gasteiger charge is -2.17. The molecule has 0 aromatic heterocycles. The minimum Gasteiger partial charge on any atom is -0.488 e. The number of halogens is 2. The smallest absolute Gasteiger partial charge is 0.190 e. The number of benzene rings is 1. The summed E-state index contributed by atoms with van der Waals surface area (Å²) in [6.45, 7) is 2.45. The monoisotopic (exact) mass is 381 g/mol. The quantitative estimate of drug-likeness (QED) is 0.485. The van der Waals surface area contributed by atoms with Gasteiger partial charge in [-0.25, -0.2) is 9.38 Å². The van der Waals surface area contributed by atoms with Gasteiger partial charge in [-0.05, 0) is 18.6 Å². The average Bonchev–Trinajstić information content (AvgIpc) is 2.33. The molecule has 0 aliphatic rings. The standard InChI is InChI=1S/C13H20FN3O.HI/c1-4-11(9-16-13(15)17(2)3)18-12-7-5-6-10(14)8-12;/h5-8,11H,4,9H2,1-3H3,(H2,15,16);1H. The zero-order chi connectivity index (χ0) is 13.5. The fourth-order valence-corrected chi connectivity index (χ4v) is 1.32. The van der Waals surface area contributed by atoms with Crippen molar-refractivity contribution < 1.29 is 9.13 Å². The first kappa shape index (κ1) is 17.9. The van der Waals surface area contributed by atoms with E-state index in [1.165, 1.54) is 12.1 Å². The van der Waals surface area contributed by atoms with Crippen LogP contribution in [-0.4, -0.2) is 37.6 Å². The fourth-order valence-electron chi connectivity index (χ4n) is 1.32. The summed E-state index contributed by atoms with van der Waals surface area (Å²) < 4.78 is 18.7. The summed E-state index contributed by atoms with van der Waals surface area (Å²) in [7, 11) is 3.65. The van der Waals surface area contributed by atoms with E-state index in [9.17, 15) is 4.39 Å². The van der Waals surface area contributed by atoms with Crippen LogP contribution in [-0.2, 0) is 0 Å². The Bertz CT molecular complexity index is 413. The molecule has 0 saturated carbocycles. The molecule has 1 unspecified atom stereocenters. The van der Waals surface area contributed by atoms with Crippen LogP contribution in [0.25, 0.3) is 0 Å². The van der Waals surface area contributed by atoms with Gasteiger partial charge >= 0.3 is 0 Å². The maximum Gasteiger partial charge on any atom is 0.190 e. The lowest BCUT2D eigenvalue weighted by Crippen LogP contribution is -2.32. The zero-order valence-electron chi connectivity index (χ0n) is 11.5. The minimum atomic E-state index is -0.307. The maximum absolute atomic E-state index is 13.0. The molecule has 0 heterocycles. The number of rotatable bonds is 5. The van der Waals surface area contributed by atoms with E-state index in [0.29, 0.717) is 18.3 Å². The normalized spacial score (nSPS) is 12.5. The molecule has 19 heavy (non-hydrogen) atoms. The Morgan fingerprint density at radius 3 is 2.68 bits per heavy atom. The predicted molar refractivity (Wildman–Crippen MR) is 86.7 cm³/mol. The Morgan fingerprint density at radius 2 is 2.16 bits per heavy atom. The van der Waals surface area contributed by atoms with Crippen LogP contribution in [0.15, 0.2) is 29.3 Å². The van der Waals surface area contributed by atoms with Gasteiger partial charge in [-0.2, -0.15) is 0 Å². The SMILES string of the molecule is CCC(CN=C(N)N(C)C)Oc1cccc(F)c1.I. The Morgan fingerprint density at radius 1 is 1.47 bits per heavy atom. The van der Waals surface area contributed by atoms with Crippen molar-refractivity contribution >= 4 is 29.9 Å². The first-order valence-corrected chi connectivity index (χ1v) is 5.92. The van der Waals surface area contributed by atoms with Gasteiger partial charge in [0.1, 0.15) is 17.7 Å². The van der Waals surface area contributed by atoms with E-state index in [2.05, 4.69) is 4.99 Å². The van der Waals surface area contributed by atoms with Crippen LogP contribution in [0.5, 0.6) is 5.75 Å². The van der Waals surface area contributed by atoms with Gasteiger partial charge in [0.2, 0.25) is 0 Å². The Kier molecular flexibility index (Phi) is 8.46. The molecule has 108 valence electrons. The first-order chi connectivity index (χ1) is 8.52. The van der Waals surface area contributed by atoms with Gasteiger partial charge in [-0.1, -0.05) is 13.0 Å². The van der Waals surface area contributed by atoms with Gasteiger partial charge in [0.25, 0.3) is 0 Å². The van der Waals surface area contributed by atoms with Gasteiger partial charge in [0.15, 0.2) is 5.96 Å². The lowest BCUT2D eigenvalue weighted by molar-refractivity contribution is 0.204. The average molecular weight is 381 g/mol. The van der Waals surface area contributed by atoms with Crippen LogP contribution in [0.1, 0.15) is 13.3 Å². The number of hydrogen-bond donors (Lipinski definition) is 1. The van der Waals surface area contributed by atoms with Crippen LogP contribution in [0.3, 0.4) is 0 Å². The molecule has 6 heteroatoms. The highest BCUT2D eigenvalue weighted by Gasteiger charge is 2.08. The van der Waals surface area contributed by atoms with E-state index >= 15 is 0 Å². The molecule has 2 N–H and O–H groups in total. The molecular formula is C13H21FIN3O. The van der Waals surface area contributed by atoms with E-state index < -0.39 is 0 Å². The van der Waals surface area contributed by atoms with Crippen LogP contribution in [0.2, 0.25) is 0 Å². The Labute approximate surface area is 130 Å². The minimum absolute atomic E-state index is 0. The molecule has 0 saturated heterocycles. The van der Waals surface area contributed by atoms with Crippen LogP contribution in [0.4, 0.5) is 4.39 Å². The molecule has 0 amide bonds. The zero-order valence-corrected chi connectivity index (χ0v) is 13.8. The van der Waals surface area contributed by atoms with Crippen LogP contribution >= 0.6 is 24.0 Å². The molecule has 0 aliphatic carbocycles. The van der Waals surface area contributed by atoms with Crippen molar-refractivity contribution in [2.24, 2.45) is 10.7 Å². The fraction of sp³-hybridized carbons (Fsp3) is 0.462. The van der Waals surface area contributed by atoms with Gasteiger partial charge in [-0.3, -0.25) is 0 Å². The number of nitrogens with two attached hydrogens (primary N) is 1. The maximum atomic E-state index is 13.0. The third kappa shape index (κ3) is 6.60. The van der Waals surface area contributed by atoms with E-state index in [4.69, 9.17) is 10.5 Å². The molecule has 1 aromatic rings. The largest absolute Gasteiger partial charge is 0.488 e. The highest BCUT2D eigenvalue weighted by molar-refractivity contribution is 14.0. The molecule has 4 nitrogen and oxygen atoms in total. The predicted octanol–water partition coefficient (Wildman–Crippen LogP) is 2.48. The molecule has 0 aliphatic heterocycles. The van der Waals surface area contributed by atoms with Crippen molar-refractivity contribution in [3.8, 4) is 5.75 Å². The number of hydrogen-bond acceptors (Lipinski definition) is 2. The Hall–Kier alpha value is -1.05. The highest BCUT2D eigenvalue weighted by Crippen LogP contribution is 2.15. The summed E-state index contributed by atoms with van der Waals surface area (Å²) in [5, 5.41) is 0. The topological polar surface area (TPSA) is 50.8 Å². The second kappa shape index (κ2) is 8.95. The third-order valence-corrected chi connectivity index (χ3v) is 2.47. The summed E-state index contributed by atoms with van der Waals surface area (Å²) in [5.41, 5.74) is 5.70. The van der Waals surface area contributed by atoms with Crippen molar-refractivity contribution in [1.29, 1.82) is 0 Å². The van der Waals surface area contributed by atoms with Crippen molar-refractivity contribution in [1.82, 2.24) is 4.90 Å². The summed E-state index contributed by atoms with van der Waals surface area (Å²) in [6.07, 6.45) is 0.672. The number of guanidine groups is 1. The van der Waals surface area contributed by atoms with Crippen molar-refractivity contribution in [3.63, 3.8) is 0 Å². The molecular weight excluding hydrogens is 360 g/mol. The summed E-state index contributed by atoms with van der Waals surface area (Å²) in [6, 6.07) is 6.09. The van der Waals surface area contributed by atoms with E-state index in [1.54, 1.807) is 17.0 Å². The first-order valence-electron chi connectivity index (χ1n) is 5.92. The van der Waals surface area contributed by atoms with E-state index in [0.717, 1.165) is 6.42 Å². The summed E-state index contributed by atoms with van der Waals surface area (Å²) in [5.74, 6) is 0.662. The van der Waals surface area contributed by atoms with Gasteiger partial charge in [0.05, 0.1) is 6.54 Å². The molecule has 0 radical (unpaired) electrons. The molecule has 0 spiro atoms.